The number of nitro benzene ring substituents is 1. The molecule has 19 heavy (non-hydrogen) atoms. The summed E-state index contributed by atoms with van der Waals surface area (Å²) in [7, 11) is 0. The van der Waals surface area contributed by atoms with Gasteiger partial charge in [0, 0.05) is 12.3 Å². The fraction of sp³-hybridized carbons (Fsp3) is 0. The van der Waals surface area contributed by atoms with Crippen LogP contribution in [0.15, 0.2) is 24.4 Å². The molecule has 1 heterocycles. The Morgan fingerprint density at radius 3 is 2.58 bits per heavy atom. The first kappa shape index (κ1) is 12.6. The van der Waals surface area contributed by atoms with Crippen LogP contribution in [-0.4, -0.2) is 25.8 Å². The maximum Gasteiger partial charge on any atom is 0.356 e. The molecule has 2 rings (SSSR count). The zero-order valence-corrected chi connectivity index (χ0v) is 9.08. The minimum Gasteiger partial charge on any atom is -0.476 e. The van der Waals surface area contributed by atoms with Crippen LogP contribution in [0, 0.1) is 21.7 Å². The lowest BCUT2D eigenvalue weighted by molar-refractivity contribution is -0.384. The van der Waals surface area contributed by atoms with Crippen molar-refractivity contribution in [3.63, 3.8) is 0 Å². The normalized spacial score (nSPS) is 10.4. The number of carbonyl (C=O) groups is 1. The molecule has 0 bridgehead atoms. The van der Waals surface area contributed by atoms with Gasteiger partial charge in [0.15, 0.2) is 23.0 Å². The molecule has 98 valence electrons. The van der Waals surface area contributed by atoms with E-state index in [2.05, 4.69) is 5.10 Å². The summed E-state index contributed by atoms with van der Waals surface area (Å²) in [6, 6.07) is 2.39. The fourth-order valence-electron chi connectivity index (χ4n) is 1.46. The van der Waals surface area contributed by atoms with E-state index in [9.17, 15) is 23.7 Å². The standard InChI is InChI=1S/C10H5F2N3O4/c11-5-1-2-7(15(18)19)9(8(5)12)14-4-3-6(13-14)10(16)17/h1-4H,(H,16,17). The molecule has 0 aliphatic carbocycles. The Hall–Kier alpha value is -2.84. The number of aromatic carboxylic acids is 1. The number of aromatic nitrogens is 2. The highest BCUT2D eigenvalue weighted by Gasteiger charge is 2.24. The van der Waals surface area contributed by atoms with Gasteiger partial charge in [-0.2, -0.15) is 5.10 Å². The predicted molar refractivity (Wildman–Crippen MR) is 57.1 cm³/mol. The number of hydrogen-bond donors (Lipinski definition) is 1. The van der Waals surface area contributed by atoms with Gasteiger partial charge in [-0.15, -0.1) is 0 Å². The molecule has 0 aliphatic heterocycles. The lowest BCUT2D eigenvalue weighted by atomic mass is 10.2. The van der Waals surface area contributed by atoms with Crippen LogP contribution in [0.2, 0.25) is 0 Å². The molecule has 0 saturated carbocycles. The summed E-state index contributed by atoms with van der Waals surface area (Å²) in [5.74, 6) is -4.17. The SMILES string of the molecule is O=C(O)c1ccn(-c2c([N+](=O)[O-])ccc(F)c2F)n1. The van der Waals surface area contributed by atoms with Crippen molar-refractivity contribution < 1.29 is 23.6 Å². The van der Waals surface area contributed by atoms with Crippen molar-refractivity contribution >= 4 is 11.7 Å². The highest BCUT2D eigenvalue weighted by Crippen LogP contribution is 2.27. The first-order chi connectivity index (χ1) is 8.91. The topological polar surface area (TPSA) is 98.3 Å². The Kier molecular flexibility index (Phi) is 2.95. The zero-order valence-electron chi connectivity index (χ0n) is 9.08. The number of halogens is 2. The molecule has 9 heteroatoms. The quantitative estimate of drug-likeness (QED) is 0.676. The highest BCUT2D eigenvalue weighted by molar-refractivity contribution is 5.85. The molecule has 7 nitrogen and oxygen atoms in total. The summed E-state index contributed by atoms with van der Waals surface area (Å²) in [4.78, 5) is 20.5. The van der Waals surface area contributed by atoms with Gasteiger partial charge in [0.05, 0.1) is 4.92 Å². The van der Waals surface area contributed by atoms with E-state index in [0.717, 1.165) is 18.3 Å². The van der Waals surface area contributed by atoms with Crippen molar-refractivity contribution in [2.24, 2.45) is 0 Å². The van der Waals surface area contributed by atoms with E-state index in [0.29, 0.717) is 10.7 Å². The minimum atomic E-state index is -1.48. The maximum atomic E-state index is 13.6. The maximum absolute atomic E-state index is 13.6. The molecule has 2 aromatic rings. The van der Waals surface area contributed by atoms with E-state index in [1.165, 1.54) is 0 Å². The van der Waals surface area contributed by atoms with Crippen molar-refractivity contribution in [3.05, 3.63) is 51.8 Å². The molecular weight excluding hydrogens is 264 g/mol. The molecular formula is C10H5F2N3O4. The molecule has 0 spiro atoms. The Morgan fingerprint density at radius 1 is 1.37 bits per heavy atom. The van der Waals surface area contributed by atoms with E-state index in [1.54, 1.807) is 0 Å². The summed E-state index contributed by atoms with van der Waals surface area (Å²) >= 11 is 0. The third-order valence-corrected chi connectivity index (χ3v) is 2.28. The smallest absolute Gasteiger partial charge is 0.356 e. The van der Waals surface area contributed by atoms with Gasteiger partial charge in [-0.3, -0.25) is 10.1 Å². The average molecular weight is 269 g/mol. The molecule has 1 aromatic heterocycles. The van der Waals surface area contributed by atoms with E-state index < -0.39 is 39.6 Å². The van der Waals surface area contributed by atoms with Gasteiger partial charge in [0.2, 0.25) is 0 Å². The molecule has 1 aromatic carbocycles. The summed E-state index contributed by atoms with van der Waals surface area (Å²) in [5, 5.41) is 22.9. The Balaban J connectivity index is 2.68. The molecule has 0 amide bonds. The van der Waals surface area contributed by atoms with Gasteiger partial charge in [0.25, 0.3) is 5.69 Å². The van der Waals surface area contributed by atoms with Crippen LogP contribution in [-0.2, 0) is 0 Å². The number of benzene rings is 1. The Bertz CT molecular complexity index is 683. The number of carboxylic acids is 1. The fourth-order valence-corrected chi connectivity index (χ4v) is 1.46. The minimum absolute atomic E-state index is 0.446. The van der Waals surface area contributed by atoms with Gasteiger partial charge in [-0.05, 0) is 12.1 Å². The molecule has 0 aliphatic rings. The first-order valence-electron chi connectivity index (χ1n) is 4.83. The van der Waals surface area contributed by atoms with Gasteiger partial charge in [-0.25, -0.2) is 18.3 Å². The second kappa shape index (κ2) is 4.44. The lowest BCUT2D eigenvalue weighted by Crippen LogP contribution is -2.07. The zero-order chi connectivity index (χ0) is 14.2. The molecule has 0 saturated heterocycles. The van der Waals surface area contributed by atoms with Crippen LogP contribution < -0.4 is 0 Å². The number of carboxylic acid groups (broad SMARTS) is 1. The van der Waals surface area contributed by atoms with Gasteiger partial charge in [0.1, 0.15) is 0 Å². The van der Waals surface area contributed by atoms with Crippen LogP contribution in [0.4, 0.5) is 14.5 Å². The number of nitro groups is 1. The second-order valence-corrected chi connectivity index (χ2v) is 3.44. The van der Waals surface area contributed by atoms with Crippen molar-refractivity contribution in [3.8, 4) is 5.69 Å². The van der Waals surface area contributed by atoms with E-state index in [-0.39, 0.29) is 0 Å². The third-order valence-electron chi connectivity index (χ3n) is 2.28. The van der Waals surface area contributed by atoms with Crippen molar-refractivity contribution in [2.75, 3.05) is 0 Å². The average Bonchev–Trinajstić information content (AvgIpc) is 2.81. The molecule has 0 unspecified atom stereocenters. The number of rotatable bonds is 3. The van der Waals surface area contributed by atoms with E-state index >= 15 is 0 Å². The monoisotopic (exact) mass is 269 g/mol. The van der Waals surface area contributed by atoms with Crippen LogP contribution in [0.1, 0.15) is 10.5 Å². The number of nitrogens with zero attached hydrogens (tertiary/aromatic N) is 3. The molecule has 0 radical (unpaired) electrons. The van der Waals surface area contributed by atoms with Crippen LogP contribution in [0.5, 0.6) is 0 Å². The van der Waals surface area contributed by atoms with Crippen LogP contribution in [0.3, 0.4) is 0 Å². The third kappa shape index (κ3) is 2.12. The number of hydrogen-bond acceptors (Lipinski definition) is 4. The van der Waals surface area contributed by atoms with E-state index in [1.807, 2.05) is 0 Å². The Labute approximate surface area is 103 Å². The van der Waals surface area contributed by atoms with Crippen molar-refractivity contribution in [1.29, 1.82) is 0 Å². The summed E-state index contributed by atoms with van der Waals surface area (Å²) in [6.45, 7) is 0. The lowest BCUT2D eigenvalue weighted by Gasteiger charge is -2.04. The van der Waals surface area contributed by atoms with Crippen molar-refractivity contribution in [2.45, 2.75) is 0 Å². The van der Waals surface area contributed by atoms with Crippen molar-refractivity contribution in [1.82, 2.24) is 9.78 Å². The predicted octanol–water partition coefficient (Wildman–Crippen LogP) is 1.76. The summed E-state index contributed by atoms with van der Waals surface area (Å²) in [6.07, 6.45) is 0.994. The van der Waals surface area contributed by atoms with Gasteiger partial charge < -0.3 is 5.11 Å². The first-order valence-corrected chi connectivity index (χ1v) is 4.83. The molecule has 0 fully saturated rings. The van der Waals surface area contributed by atoms with Gasteiger partial charge >= 0.3 is 5.97 Å². The van der Waals surface area contributed by atoms with Crippen LogP contribution >= 0.6 is 0 Å². The second-order valence-electron chi connectivity index (χ2n) is 3.44. The Morgan fingerprint density at radius 2 is 2.05 bits per heavy atom. The largest absolute Gasteiger partial charge is 0.476 e. The highest BCUT2D eigenvalue weighted by atomic mass is 19.2. The molecule has 0 atom stereocenters. The van der Waals surface area contributed by atoms with Crippen LogP contribution in [0.25, 0.3) is 5.69 Å². The van der Waals surface area contributed by atoms with E-state index in [4.69, 9.17) is 5.11 Å². The summed E-state index contributed by atoms with van der Waals surface area (Å²) in [5.41, 5.74) is -1.92. The van der Waals surface area contributed by atoms with Gasteiger partial charge in [-0.1, -0.05) is 0 Å². The molecule has 1 N–H and O–H groups in total. The summed E-state index contributed by atoms with van der Waals surface area (Å²) < 4.78 is 27.4.